The maximum atomic E-state index is 11.9. The minimum absolute atomic E-state index is 0.0206. The third kappa shape index (κ3) is 6.80. The number of allylic oxidation sites excluding steroid dienone is 2. The van der Waals surface area contributed by atoms with Gasteiger partial charge in [-0.3, -0.25) is 9.59 Å². The van der Waals surface area contributed by atoms with E-state index in [1.165, 1.54) is 13.2 Å². The summed E-state index contributed by atoms with van der Waals surface area (Å²) in [4.78, 5) is 34.6. The summed E-state index contributed by atoms with van der Waals surface area (Å²) in [7, 11) is 1.30. The number of ketones is 2. The van der Waals surface area contributed by atoms with Crippen LogP contribution >= 0.6 is 0 Å². The molecule has 0 fully saturated rings. The molecule has 0 aromatic rings. The van der Waals surface area contributed by atoms with Crippen molar-refractivity contribution in [2.45, 2.75) is 58.2 Å². The molecule has 122 valence electrons. The molecule has 0 radical (unpaired) electrons. The van der Waals surface area contributed by atoms with E-state index in [-0.39, 0.29) is 29.7 Å². The second-order valence-corrected chi connectivity index (χ2v) is 6.27. The van der Waals surface area contributed by atoms with Gasteiger partial charge in [-0.25, -0.2) is 4.79 Å². The number of esters is 1. The third-order valence-electron chi connectivity index (χ3n) is 3.07. The number of hydrogen-bond acceptors (Lipinski definition) is 5. The van der Waals surface area contributed by atoms with Crippen molar-refractivity contribution in [2.75, 3.05) is 7.11 Å². The summed E-state index contributed by atoms with van der Waals surface area (Å²) >= 11 is 0. The highest BCUT2D eigenvalue weighted by Crippen LogP contribution is 2.25. The first-order chi connectivity index (χ1) is 10.2. The van der Waals surface area contributed by atoms with Gasteiger partial charge in [0.15, 0.2) is 5.78 Å². The highest BCUT2D eigenvalue weighted by atomic mass is 16.5. The number of methoxy groups -OCH3 is 1. The molecule has 1 unspecified atom stereocenters. The van der Waals surface area contributed by atoms with E-state index in [4.69, 9.17) is 4.74 Å². The van der Waals surface area contributed by atoms with Crippen LogP contribution in [-0.4, -0.2) is 36.4 Å². The second kappa shape index (κ2) is 8.03. The Morgan fingerprint density at radius 2 is 2.05 bits per heavy atom. The van der Waals surface area contributed by atoms with Gasteiger partial charge in [0.2, 0.25) is 0 Å². The molecular weight excluding hydrogens is 284 g/mol. The van der Waals surface area contributed by atoms with Crippen molar-refractivity contribution >= 4 is 17.5 Å². The summed E-state index contributed by atoms with van der Waals surface area (Å²) in [5.74, 6) is -0.485. The summed E-state index contributed by atoms with van der Waals surface area (Å²) in [5.41, 5.74) is 0.218. The number of hydrogen-bond donors (Lipinski definition) is 0. The summed E-state index contributed by atoms with van der Waals surface area (Å²) in [6.07, 6.45) is 5.60. The number of rotatable bonds is 7. The largest absolute Gasteiger partial charge is 0.466 e. The molecular formula is C17H24O5. The molecule has 5 nitrogen and oxygen atoms in total. The van der Waals surface area contributed by atoms with Crippen LogP contribution in [0.5, 0.6) is 0 Å². The van der Waals surface area contributed by atoms with E-state index in [0.717, 1.165) is 0 Å². The van der Waals surface area contributed by atoms with Crippen LogP contribution < -0.4 is 0 Å². The van der Waals surface area contributed by atoms with Crippen molar-refractivity contribution in [1.29, 1.82) is 0 Å². The van der Waals surface area contributed by atoms with Gasteiger partial charge in [0.25, 0.3) is 0 Å². The molecule has 1 atom stereocenters. The first-order valence-electron chi connectivity index (χ1n) is 7.39. The van der Waals surface area contributed by atoms with Crippen LogP contribution in [0.15, 0.2) is 23.8 Å². The topological polar surface area (TPSA) is 69.7 Å². The lowest BCUT2D eigenvalue weighted by molar-refractivity contribution is -0.134. The Bertz CT molecular complexity index is 494. The number of carbonyl (C=O) groups is 3. The fourth-order valence-corrected chi connectivity index (χ4v) is 2.17. The minimum Gasteiger partial charge on any atom is -0.466 e. The zero-order chi connectivity index (χ0) is 16.8. The molecule has 0 spiro atoms. The molecule has 1 rings (SSSR count). The van der Waals surface area contributed by atoms with Crippen molar-refractivity contribution in [3.63, 3.8) is 0 Å². The van der Waals surface area contributed by atoms with Gasteiger partial charge in [-0.05, 0) is 33.3 Å². The normalized spacial score (nSPS) is 18.6. The van der Waals surface area contributed by atoms with Gasteiger partial charge in [0.05, 0.1) is 18.8 Å². The van der Waals surface area contributed by atoms with Gasteiger partial charge in [-0.1, -0.05) is 6.08 Å². The van der Waals surface area contributed by atoms with Gasteiger partial charge < -0.3 is 9.47 Å². The number of Topliss-reactive ketones (excluding diaryl/α,β-unsaturated/α-hetero) is 2. The van der Waals surface area contributed by atoms with Crippen LogP contribution in [0, 0.1) is 0 Å². The van der Waals surface area contributed by atoms with Crippen LogP contribution in [0.25, 0.3) is 0 Å². The lowest BCUT2D eigenvalue weighted by Gasteiger charge is -2.23. The van der Waals surface area contributed by atoms with Crippen LogP contribution in [0.3, 0.4) is 0 Å². The summed E-state index contributed by atoms with van der Waals surface area (Å²) in [6.45, 7) is 5.80. The van der Waals surface area contributed by atoms with Gasteiger partial charge in [-0.15, -0.1) is 0 Å². The van der Waals surface area contributed by atoms with Crippen LogP contribution in [0.2, 0.25) is 0 Å². The van der Waals surface area contributed by atoms with Gasteiger partial charge >= 0.3 is 5.97 Å². The molecule has 0 bridgehead atoms. The average Bonchev–Trinajstić information content (AvgIpc) is 2.72. The Morgan fingerprint density at radius 3 is 2.64 bits per heavy atom. The molecule has 0 saturated heterocycles. The van der Waals surface area contributed by atoms with E-state index in [0.29, 0.717) is 24.8 Å². The van der Waals surface area contributed by atoms with Crippen molar-refractivity contribution in [1.82, 2.24) is 0 Å². The number of carbonyl (C=O) groups excluding carboxylic acids is 3. The van der Waals surface area contributed by atoms with Crippen molar-refractivity contribution in [2.24, 2.45) is 0 Å². The highest BCUT2D eigenvalue weighted by Gasteiger charge is 2.28. The van der Waals surface area contributed by atoms with E-state index < -0.39 is 5.97 Å². The zero-order valence-corrected chi connectivity index (χ0v) is 13.7. The quantitative estimate of drug-likeness (QED) is 0.534. The zero-order valence-electron chi connectivity index (χ0n) is 13.7. The minimum atomic E-state index is -0.441. The molecule has 22 heavy (non-hydrogen) atoms. The van der Waals surface area contributed by atoms with E-state index in [9.17, 15) is 14.4 Å². The van der Waals surface area contributed by atoms with Crippen LogP contribution in [0.4, 0.5) is 0 Å². The van der Waals surface area contributed by atoms with E-state index >= 15 is 0 Å². The standard InChI is InChI=1S/C17H24O5/c1-17(2,3)22-14-10-12(15(19)11-14)9-13(18)7-5-6-8-16(20)21-4/h6,8,10,14H,5,7,9,11H2,1-4H3/b8-6+. The summed E-state index contributed by atoms with van der Waals surface area (Å²) in [6, 6.07) is 0. The highest BCUT2D eigenvalue weighted by molar-refractivity contribution is 6.02. The Labute approximate surface area is 131 Å². The molecule has 0 aromatic carbocycles. The Balaban J connectivity index is 2.43. The van der Waals surface area contributed by atoms with Crippen molar-refractivity contribution < 1.29 is 23.9 Å². The van der Waals surface area contributed by atoms with Gasteiger partial charge in [-0.2, -0.15) is 0 Å². The van der Waals surface area contributed by atoms with E-state index in [1.54, 1.807) is 12.2 Å². The fourth-order valence-electron chi connectivity index (χ4n) is 2.17. The molecule has 5 heteroatoms. The smallest absolute Gasteiger partial charge is 0.330 e. The molecule has 1 aliphatic rings. The first kappa shape index (κ1) is 18.3. The van der Waals surface area contributed by atoms with E-state index in [1.807, 2.05) is 20.8 Å². The SMILES string of the molecule is COC(=O)/C=C/CCC(=O)CC1=CC(OC(C)(C)C)CC1=O. The van der Waals surface area contributed by atoms with Crippen LogP contribution in [-0.2, 0) is 23.9 Å². The molecule has 0 saturated carbocycles. The molecule has 0 N–H and O–H groups in total. The Kier molecular flexibility index (Phi) is 6.68. The van der Waals surface area contributed by atoms with Crippen molar-refractivity contribution in [3.05, 3.63) is 23.8 Å². The molecule has 1 aliphatic carbocycles. The Hall–Kier alpha value is -1.75. The van der Waals surface area contributed by atoms with Gasteiger partial charge in [0, 0.05) is 30.9 Å². The summed E-state index contributed by atoms with van der Waals surface area (Å²) < 4.78 is 10.2. The predicted molar refractivity (Wildman–Crippen MR) is 82.3 cm³/mol. The maximum Gasteiger partial charge on any atom is 0.330 e. The van der Waals surface area contributed by atoms with Crippen LogP contribution in [0.1, 0.15) is 46.5 Å². The molecule has 0 aliphatic heterocycles. The molecule has 0 heterocycles. The van der Waals surface area contributed by atoms with Crippen molar-refractivity contribution in [3.8, 4) is 0 Å². The number of ether oxygens (including phenoxy) is 2. The second-order valence-electron chi connectivity index (χ2n) is 6.27. The lowest BCUT2D eigenvalue weighted by atomic mass is 10.0. The molecule has 0 amide bonds. The van der Waals surface area contributed by atoms with Gasteiger partial charge in [0.1, 0.15) is 5.78 Å². The third-order valence-corrected chi connectivity index (χ3v) is 3.07. The average molecular weight is 308 g/mol. The fraction of sp³-hybridized carbons (Fsp3) is 0.588. The van der Waals surface area contributed by atoms with E-state index in [2.05, 4.69) is 4.74 Å². The molecule has 0 aromatic heterocycles. The maximum absolute atomic E-state index is 11.9. The summed E-state index contributed by atoms with van der Waals surface area (Å²) in [5, 5.41) is 0. The monoisotopic (exact) mass is 308 g/mol. The first-order valence-corrected chi connectivity index (χ1v) is 7.39. The predicted octanol–water partition coefficient (Wildman–Crippen LogP) is 2.54. The Morgan fingerprint density at radius 1 is 1.36 bits per heavy atom. The lowest BCUT2D eigenvalue weighted by Crippen LogP contribution is -2.25.